The fraction of sp³-hybridized carbons (Fsp3) is 0.667. The number of aliphatic carboxylic acids is 2. The molecular weight excluding hydrogens is 441 g/mol. The summed E-state index contributed by atoms with van der Waals surface area (Å²) in [5.41, 5.74) is 6.87. The molecule has 0 aromatic rings. The van der Waals surface area contributed by atoms with Crippen LogP contribution in [0.25, 0.3) is 0 Å². The van der Waals surface area contributed by atoms with Crippen molar-refractivity contribution in [2.45, 2.75) is 32.1 Å². The number of unbranched alkanes of at least 4 members (excludes halogenated alkanes) is 3. The maximum Gasteiger partial charge on any atom is 2.00 e. The van der Waals surface area contributed by atoms with Crippen LogP contribution in [-0.2, 0) is 35.4 Å². The Morgan fingerprint density at radius 2 is 1.42 bits per heavy atom. The van der Waals surface area contributed by atoms with Crippen molar-refractivity contribution in [2.75, 3.05) is 6.54 Å². The standard InChI is InChI=1S/C7H16N2O2.C2H2O4.H3N.Pt/c8-6-4-2-1-3-5-7(10)9-11;3-1(4)2(5)6;;/h11H,1-6,8H2,(H,9,10);(H,3,4)(H,5,6);1H3;/q;;;+2/p-2. The molecule has 0 saturated carbocycles. The number of carboxylic acids is 2. The van der Waals surface area contributed by atoms with E-state index in [1.54, 1.807) is 5.48 Å². The summed E-state index contributed by atoms with van der Waals surface area (Å²) in [4.78, 5) is 28.3. The van der Waals surface area contributed by atoms with Crippen LogP contribution in [0.1, 0.15) is 32.1 Å². The first kappa shape index (κ1) is 26.5. The minimum absolute atomic E-state index is 0. The van der Waals surface area contributed by atoms with Crippen LogP contribution in [0.5, 0.6) is 0 Å². The molecule has 116 valence electrons. The number of hydroxylamine groups is 1. The summed E-state index contributed by atoms with van der Waals surface area (Å²) in [6.07, 6.45) is 4.31. The van der Waals surface area contributed by atoms with E-state index in [1.807, 2.05) is 0 Å². The van der Waals surface area contributed by atoms with Crippen LogP contribution >= 0.6 is 0 Å². The van der Waals surface area contributed by atoms with Crippen molar-refractivity contribution in [1.82, 2.24) is 11.6 Å². The predicted molar refractivity (Wildman–Crippen MR) is 57.1 cm³/mol. The number of nitrogens with one attached hydrogen (secondary N) is 1. The molecule has 0 aromatic heterocycles. The average molecular weight is 460 g/mol. The molecule has 0 rings (SSSR count). The van der Waals surface area contributed by atoms with Crippen LogP contribution in [0, 0.1) is 0 Å². The van der Waals surface area contributed by atoms with Crippen LogP contribution in [-0.4, -0.2) is 29.6 Å². The summed E-state index contributed by atoms with van der Waals surface area (Å²) in [5, 5.41) is 26.0. The minimum atomic E-state index is -2.19. The topological polar surface area (TPSA) is 191 Å². The van der Waals surface area contributed by atoms with Crippen molar-refractivity contribution < 1.29 is 50.9 Å². The molecule has 0 aliphatic heterocycles. The van der Waals surface area contributed by atoms with Gasteiger partial charge in [0.05, 0.1) is 11.9 Å². The molecule has 0 spiro atoms. The zero-order chi connectivity index (χ0) is 13.7. The van der Waals surface area contributed by atoms with Gasteiger partial charge >= 0.3 is 21.1 Å². The molecule has 0 aliphatic rings. The van der Waals surface area contributed by atoms with Gasteiger partial charge in [0, 0.05) is 6.42 Å². The summed E-state index contributed by atoms with van der Waals surface area (Å²) >= 11 is 0. The zero-order valence-corrected chi connectivity index (χ0v) is 12.6. The summed E-state index contributed by atoms with van der Waals surface area (Å²) in [6.45, 7) is 0.714. The number of amides is 1. The maximum atomic E-state index is 10.5. The van der Waals surface area contributed by atoms with E-state index in [2.05, 4.69) is 0 Å². The molecular formula is C9H19N3O6Pt. The number of nitrogens with two attached hydrogens (primary N) is 1. The molecule has 0 atom stereocenters. The van der Waals surface area contributed by atoms with Gasteiger partial charge in [0.25, 0.3) is 0 Å². The Labute approximate surface area is 125 Å². The third-order valence-corrected chi connectivity index (χ3v) is 1.65. The van der Waals surface area contributed by atoms with Gasteiger partial charge in [-0.25, -0.2) is 5.48 Å². The molecule has 0 saturated heterocycles. The second-order valence-electron chi connectivity index (χ2n) is 3.06. The van der Waals surface area contributed by atoms with Gasteiger partial charge in [-0.2, -0.15) is 0 Å². The van der Waals surface area contributed by atoms with Gasteiger partial charge in [-0.1, -0.05) is 12.8 Å². The fourth-order valence-electron chi connectivity index (χ4n) is 0.839. The summed E-state index contributed by atoms with van der Waals surface area (Å²) in [7, 11) is 0. The molecule has 0 bridgehead atoms. The third kappa shape index (κ3) is 26.5. The van der Waals surface area contributed by atoms with Gasteiger partial charge in [-0.3, -0.25) is 10.0 Å². The molecule has 9 nitrogen and oxygen atoms in total. The number of carboxylic acid groups (broad SMARTS) is 2. The molecule has 10 heteroatoms. The van der Waals surface area contributed by atoms with Crippen molar-refractivity contribution in [1.29, 1.82) is 0 Å². The normalized spacial score (nSPS) is 7.89. The van der Waals surface area contributed by atoms with Crippen LogP contribution in [0.4, 0.5) is 0 Å². The van der Waals surface area contributed by atoms with E-state index < -0.39 is 11.9 Å². The van der Waals surface area contributed by atoms with Gasteiger partial charge in [0.2, 0.25) is 5.91 Å². The van der Waals surface area contributed by atoms with Gasteiger partial charge in [-0.05, 0) is 19.4 Å². The van der Waals surface area contributed by atoms with Crippen molar-refractivity contribution in [3.63, 3.8) is 0 Å². The van der Waals surface area contributed by atoms with Crippen LogP contribution in [0.2, 0.25) is 0 Å². The van der Waals surface area contributed by atoms with E-state index in [1.165, 1.54) is 0 Å². The number of carbonyl (C=O) groups excluding carboxylic acids is 3. The van der Waals surface area contributed by atoms with Crippen molar-refractivity contribution >= 4 is 17.8 Å². The fourth-order valence-corrected chi connectivity index (χ4v) is 0.839. The summed E-state index contributed by atoms with van der Waals surface area (Å²) in [6, 6.07) is 0. The quantitative estimate of drug-likeness (QED) is 0.140. The SMILES string of the molecule is N.NCCCCCCC(=O)NO.O=C([O-])C(=O)[O-].[Pt+2]. The molecule has 0 radical (unpaired) electrons. The van der Waals surface area contributed by atoms with Crippen molar-refractivity contribution in [2.24, 2.45) is 5.73 Å². The third-order valence-electron chi connectivity index (χ3n) is 1.65. The van der Waals surface area contributed by atoms with Gasteiger partial charge < -0.3 is 31.7 Å². The Bertz CT molecular complexity index is 240. The van der Waals surface area contributed by atoms with E-state index in [9.17, 15) is 4.79 Å². The van der Waals surface area contributed by atoms with Crippen molar-refractivity contribution in [3.05, 3.63) is 0 Å². The minimum Gasteiger partial charge on any atom is -0.543 e. The molecule has 19 heavy (non-hydrogen) atoms. The second-order valence-corrected chi connectivity index (χ2v) is 3.06. The van der Waals surface area contributed by atoms with Gasteiger partial charge in [0.15, 0.2) is 0 Å². The van der Waals surface area contributed by atoms with E-state index in [4.69, 9.17) is 30.7 Å². The van der Waals surface area contributed by atoms with Crippen LogP contribution in [0.3, 0.4) is 0 Å². The largest absolute Gasteiger partial charge is 2.00 e. The Kier molecular flexibility index (Phi) is 27.0. The van der Waals surface area contributed by atoms with Crippen molar-refractivity contribution in [3.8, 4) is 0 Å². The Morgan fingerprint density at radius 1 is 1.00 bits per heavy atom. The first-order chi connectivity index (χ1) is 7.95. The van der Waals surface area contributed by atoms with Crippen LogP contribution in [0.15, 0.2) is 0 Å². The molecule has 0 aliphatic carbocycles. The maximum absolute atomic E-state index is 10.5. The van der Waals surface area contributed by atoms with Crippen LogP contribution < -0.4 is 27.6 Å². The van der Waals surface area contributed by atoms with E-state index in [0.717, 1.165) is 25.7 Å². The Morgan fingerprint density at radius 3 is 1.74 bits per heavy atom. The number of hydrogen-bond acceptors (Lipinski definition) is 8. The summed E-state index contributed by atoms with van der Waals surface area (Å²) < 4.78 is 0. The molecule has 0 heterocycles. The van der Waals surface area contributed by atoms with E-state index in [0.29, 0.717) is 13.0 Å². The Hall–Kier alpha value is -1.02. The number of hydrogen-bond donors (Lipinski definition) is 4. The molecule has 7 N–H and O–H groups in total. The smallest absolute Gasteiger partial charge is 0.543 e. The Balaban J connectivity index is -0.000000123. The average Bonchev–Trinajstić information content (AvgIpc) is 2.29. The number of carbonyl (C=O) groups is 3. The number of rotatable bonds is 6. The molecule has 1 amide bonds. The second kappa shape index (κ2) is 19.3. The van der Waals surface area contributed by atoms with Gasteiger partial charge in [0.1, 0.15) is 0 Å². The van der Waals surface area contributed by atoms with E-state index >= 15 is 0 Å². The predicted octanol–water partition coefficient (Wildman–Crippen LogP) is -2.95. The molecule has 0 aromatic carbocycles. The first-order valence-electron chi connectivity index (χ1n) is 5.01. The summed E-state index contributed by atoms with van der Waals surface area (Å²) in [5.74, 6) is -4.68. The van der Waals surface area contributed by atoms with E-state index in [-0.39, 0.29) is 33.1 Å². The van der Waals surface area contributed by atoms with Gasteiger partial charge in [-0.15, -0.1) is 0 Å². The molecule has 0 fully saturated rings. The zero-order valence-electron chi connectivity index (χ0n) is 10.3. The molecule has 0 unspecified atom stereocenters. The monoisotopic (exact) mass is 460 g/mol. The first-order valence-corrected chi connectivity index (χ1v) is 5.01.